The monoisotopic (exact) mass is 444 g/mol. The van der Waals surface area contributed by atoms with Crippen molar-refractivity contribution < 1.29 is 39.2 Å². The summed E-state index contributed by atoms with van der Waals surface area (Å²) in [4.78, 5) is 45.2. The molecule has 0 aromatic carbocycles. The minimum absolute atomic E-state index is 0.0151. The van der Waals surface area contributed by atoms with E-state index in [9.17, 15) is 34.5 Å². The Morgan fingerprint density at radius 1 is 0.774 bits per heavy atom. The second kappa shape index (κ2) is 16.7. The van der Waals surface area contributed by atoms with Crippen LogP contribution in [-0.2, 0) is 23.9 Å². The van der Waals surface area contributed by atoms with Gasteiger partial charge in [-0.1, -0.05) is 70.6 Å². The number of carboxylic acid groups (broad SMARTS) is 2. The van der Waals surface area contributed by atoms with Gasteiger partial charge in [0.1, 0.15) is 5.78 Å². The third kappa shape index (κ3) is 13.1. The molecule has 8 nitrogen and oxygen atoms in total. The Morgan fingerprint density at radius 2 is 1.19 bits per heavy atom. The Kier molecular flexibility index (Phi) is 15.6. The van der Waals surface area contributed by atoms with Crippen LogP contribution in [0.4, 0.5) is 0 Å². The average Bonchev–Trinajstić information content (AvgIpc) is 2.69. The molecule has 180 valence electrons. The van der Waals surface area contributed by atoms with Gasteiger partial charge in [0.2, 0.25) is 0 Å². The molecule has 0 unspecified atom stereocenters. The molecule has 0 saturated carbocycles. The van der Waals surface area contributed by atoms with Crippen LogP contribution in [0.25, 0.3) is 0 Å². The molecule has 0 rings (SSSR count). The van der Waals surface area contributed by atoms with Gasteiger partial charge in [0.15, 0.2) is 5.60 Å². The highest BCUT2D eigenvalue weighted by Crippen LogP contribution is 2.28. The van der Waals surface area contributed by atoms with Crippen molar-refractivity contribution in [2.45, 2.75) is 109 Å². The topological polar surface area (TPSA) is 138 Å². The number of esters is 1. The number of carbonyl (C=O) groups is 4. The lowest BCUT2D eigenvalue weighted by atomic mass is 9.81. The Labute approximate surface area is 185 Å². The van der Waals surface area contributed by atoms with Gasteiger partial charge in [0.05, 0.1) is 19.4 Å². The standard InChI is InChI=1S/C23H40O8/c1-18(24)15-13-11-9-7-5-3-4-6-8-10-12-14-16-19(21(26)27)23(30,22(28)29)17-20(25)31-2/h19,30H,3-17H2,1-2H3,(H,26,27)(H,28,29)/t19-,23+/m1/s1. The highest BCUT2D eigenvalue weighted by molar-refractivity contribution is 5.90. The van der Waals surface area contributed by atoms with Crippen LogP contribution in [0.1, 0.15) is 103 Å². The maximum atomic E-state index is 11.5. The summed E-state index contributed by atoms with van der Waals surface area (Å²) in [5.41, 5.74) is -2.68. The number of aliphatic hydroxyl groups is 1. The number of unbranched alkanes of at least 4 members (excludes halogenated alkanes) is 11. The molecule has 0 aliphatic rings. The number of methoxy groups -OCH3 is 1. The minimum atomic E-state index is -2.68. The van der Waals surface area contributed by atoms with Gasteiger partial charge in [-0.25, -0.2) is 4.79 Å². The van der Waals surface area contributed by atoms with Crippen molar-refractivity contribution in [2.24, 2.45) is 5.92 Å². The first-order valence-electron chi connectivity index (χ1n) is 11.4. The predicted molar refractivity (Wildman–Crippen MR) is 116 cm³/mol. The minimum Gasteiger partial charge on any atom is -0.481 e. The summed E-state index contributed by atoms with van der Waals surface area (Å²) < 4.78 is 4.39. The van der Waals surface area contributed by atoms with Gasteiger partial charge in [-0.2, -0.15) is 0 Å². The van der Waals surface area contributed by atoms with Gasteiger partial charge in [-0.3, -0.25) is 9.59 Å². The fourth-order valence-electron chi connectivity index (χ4n) is 3.70. The number of rotatable bonds is 20. The maximum absolute atomic E-state index is 11.5. The lowest BCUT2D eigenvalue weighted by Crippen LogP contribution is -2.50. The third-order valence-electron chi connectivity index (χ3n) is 5.66. The number of aliphatic carboxylic acids is 2. The molecule has 0 fully saturated rings. The molecule has 0 amide bonds. The number of hydrogen-bond donors (Lipinski definition) is 3. The van der Waals surface area contributed by atoms with Crippen molar-refractivity contribution in [1.82, 2.24) is 0 Å². The van der Waals surface area contributed by atoms with E-state index in [1.807, 2.05) is 0 Å². The van der Waals surface area contributed by atoms with E-state index in [-0.39, 0.29) is 12.2 Å². The highest BCUT2D eigenvalue weighted by Gasteiger charge is 2.49. The van der Waals surface area contributed by atoms with E-state index in [1.54, 1.807) is 6.92 Å². The summed E-state index contributed by atoms with van der Waals surface area (Å²) in [5.74, 6) is -5.44. The van der Waals surface area contributed by atoms with Crippen LogP contribution >= 0.6 is 0 Å². The fourth-order valence-corrected chi connectivity index (χ4v) is 3.70. The Balaban J connectivity index is 3.98. The van der Waals surface area contributed by atoms with Crippen molar-refractivity contribution >= 4 is 23.7 Å². The van der Waals surface area contributed by atoms with Crippen LogP contribution in [0.5, 0.6) is 0 Å². The molecule has 0 aromatic heterocycles. The van der Waals surface area contributed by atoms with E-state index in [2.05, 4.69) is 4.74 Å². The second-order valence-corrected chi connectivity index (χ2v) is 8.36. The number of ketones is 1. The van der Waals surface area contributed by atoms with Crippen molar-refractivity contribution in [3.8, 4) is 0 Å². The SMILES string of the molecule is COC(=O)C[C@@](O)(C(=O)O)[C@H](CCCCCCCCCCCCCCC(C)=O)C(=O)O. The molecule has 8 heteroatoms. The molecule has 0 saturated heterocycles. The maximum Gasteiger partial charge on any atom is 0.337 e. The summed E-state index contributed by atoms with van der Waals surface area (Å²) in [6.07, 6.45) is 12.1. The smallest absolute Gasteiger partial charge is 0.337 e. The third-order valence-corrected chi connectivity index (χ3v) is 5.66. The molecular formula is C23H40O8. The fraction of sp³-hybridized carbons (Fsp3) is 0.826. The number of carbonyl (C=O) groups excluding carboxylic acids is 2. The molecule has 3 N–H and O–H groups in total. The summed E-state index contributed by atoms with van der Waals surface area (Å²) in [6.45, 7) is 1.63. The highest BCUT2D eigenvalue weighted by atomic mass is 16.5. The summed E-state index contributed by atoms with van der Waals surface area (Å²) in [6, 6.07) is 0. The summed E-state index contributed by atoms with van der Waals surface area (Å²) >= 11 is 0. The summed E-state index contributed by atoms with van der Waals surface area (Å²) in [7, 11) is 1.05. The zero-order chi connectivity index (χ0) is 23.7. The molecule has 31 heavy (non-hydrogen) atoms. The lowest BCUT2D eigenvalue weighted by Gasteiger charge is -2.28. The van der Waals surface area contributed by atoms with E-state index in [0.29, 0.717) is 12.8 Å². The molecule has 0 aliphatic carbocycles. The zero-order valence-electron chi connectivity index (χ0n) is 19.1. The first-order valence-corrected chi connectivity index (χ1v) is 11.4. The Hall–Kier alpha value is -1.96. The Bertz CT molecular complexity index is 560. The number of Topliss-reactive ketones (excluding diaryl/α,β-unsaturated/α-hetero) is 1. The zero-order valence-corrected chi connectivity index (χ0v) is 19.1. The van der Waals surface area contributed by atoms with Gasteiger partial charge < -0.3 is 24.9 Å². The lowest BCUT2D eigenvalue weighted by molar-refractivity contribution is -0.180. The van der Waals surface area contributed by atoms with Crippen LogP contribution in [0.2, 0.25) is 0 Å². The molecule has 0 heterocycles. The normalized spacial score (nSPS) is 13.9. The number of hydrogen-bond acceptors (Lipinski definition) is 6. The van der Waals surface area contributed by atoms with E-state index in [4.69, 9.17) is 0 Å². The van der Waals surface area contributed by atoms with Gasteiger partial charge in [0.25, 0.3) is 0 Å². The van der Waals surface area contributed by atoms with Crippen LogP contribution in [0, 0.1) is 5.92 Å². The van der Waals surface area contributed by atoms with E-state index in [0.717, 1.165) is 52.1 Å². The largest absolute Gasteiger partial charge is 0.481 e. The van der Waals surface area contributed by atoms with Gasteiger partial charge >= 0.3 is 17.9 Å². The van der Waals surface area contributed by atoms with Crippen molar-refractivity contribution in [1.29, 1.82) is 0 Å². The number of ether oxygens (including phenoxy) is 1. The Morgan fingerprint density at radius 3 is 1.55 bits per heavy atom. The molecular weight excluding hydrogens is 404 g/mol. The second-order valence-electron chi connectivity index (χ2n) is 8.36. The molecule has 0 aromatic rings. The molecule has 0 aliphatic heterocycles. The predicted octanol–water partition coefficient (Wildman–Crippen LogP) is 4.12. The van der Waals surface area contributed by atoms with Gasteiger partial charge in [0, 0.05) is 6.42 Å². The quantitative estimate of drug-likeness (QED) is 0.188. The molecule has 0 bridgehead atoms. The van der Waals surface area contributed by atoms with Crippen molar-refractivity contribution in [2.75, 3.05) is 7.11 Å². The molecule has 2 atom stereocenters. The number of carboxylic acids is 2. The van der Waals surface area contributed by atoms with E-state index >= 15 is 0 Å². The first-order chi connectivity index (χ1) is 14.6. The van der Waals surface area contributed by atoms with Gasteiger partial charge in [-0.15, -0.1) is 0 Å². The van der Waals surface area contributed by atoms with Crippen molar-refractivity contribution in [3.63, 3.8) is 0 Å². The van der Waals surface area contributed by atoms with Crippen LogP contribution in [0.15, 0.2) is 0 Å². The first kappa shape index (κ1) is 29.0. The average molecular weight is 445 g/mol. The summed E-state index contributed by atoms with van der Waals surface area (Å²) in [5, 5.41) is 29.0. The van der Waals surface area contributed by atoms with Crippen LogP contribution in [-0.4, -0.2) is 51.7 Å². The van der Waals surface area contributed by atoms with E-state index in [1.165, 1.54) is 25.7 Å². The van der Waals surface area contributed by atoms with Crippen molar-refractivity contribution in [3.05, 3.63) is 0 Å². The molecule has 0 radical (unpaired) electrons. The van der Waals surface area contributed by atoms with Gasteiger partial charge in [-0.05, 0) is 19.8 Å². The van der Waals surface area contributed by atoms with E-state index < -0.39 is 35.8 Å². The molecule has 0 spiro atoms. The van der Waals surface area contributed by atoms with Crippen LogP contribution in [0.3, 0.4) is 0 Å². The van der Waals surface area contributed by atoms with Crippen LogP contribution < -0.4 is 0 Å².